The van der Waals surface area contributed by atoms with Crippen molar-refractivity contribution in [1.82, 2.24) is 15.1 Å². The number of aromatic carboxylic acids is 1. The second kappa shape index (κ2) is 15.1. The molecule has 0 saturated carbocycles. The van der Waals surface area contributed by atoms with Crippen LogP contribution in [0.5, 0.6) is 0 Å². The highest BCUT2D eigenvalue weighted by molar-refractivity contribution is 6.00. The molecule has 4 N–H and O–H groups in total. The van der Waals surface area contributed by atoms with Gasteiger partial charge in [0.1, 0.15) is 17.7 Å². The summed E-state index contributed by atoms with van der Waals surface area (Å²) in [5.74, 6) is -3.74. The quantitative estimate of drug-likeness (QED) is 0.283. The van der Waals surface area contributed by atoms with Crippen LogP contribution in [0.15, 0.2) is 30.3 Å². The van der Waals surface area contributed by atoms with Crippen molar-refractivity contribution in [2.24, 2.45) is 5.73 Å². The van der Waals surface area contributed by atoms with Gasteiger partial charge in [-0.1, -0.05) is 13.8 Å². The predicted molar refractivity (Wildman–Crippen MR) is 156 cm³/mol. The number of amides is 2. The first-order valence-electron chi connectivity index (χ1n) is 14.5. The number of hydrogen-bond acceptors (Lipinski definition) is 6. The van der Waals surface area contributed by atoms with Crippen molar-refractivity contribution in [2.45, 2.75) is 65.0 Å². The lowest BCUT2D eigenvalue weighted by Gasteiger charge is -2.31. The lowest BCUT2D eigenvalue weighted by atomic mass is 9.81. The number of nitrogens with zero attached hydrogens (tertiary/aromatic N) is 2. The number of carboxylic acid groups (broad SMARTS) is 1. The molecule has 3 atom stereocenters. The average molecular weight is 589 g/mol. The molecule has 1 aliphatic rings. The van der Waals surface area contributed by atoms with Crippen LogP contribution in [0.4, 0.5) is 13.6 Å². The number of carbonyl (C=O) groups is 3. The van der Waals surface area contributed by atoms with Gasteiger partial charge >= 0.3 is 12.1 Å². The van der Waals surface area contributed by atoms with Gasteiger partial charge in [-0.25, -0.2) is 18.4 Å². The summed E-state index contributed by atoms with van der Waals surface area (Å²) in [6.07, 6.45) is 0.649. The molecule has 230 valence electrons. The number of rotatable bonds is 15. The molecule has 0 unspecified atom stereocenters. The fourth-order valence-electron chi connectivity index (χ4n) is 5.53. The SMILES string of the molecule is CCCN(CCC)C(=O)c1cc(C)cc(C(=O)O)c1[C@H](CNC[C@@H]1CN(CC)C(=O)O1)[C@@H](N)Cc1cc(F)cc(F)c1. The zero-order valence-corrected chi connectivity index (χ0v) is 24.8. The lowest BCUT2D eigenvalue weighted by molar-refractivity contribution is 0.0694. The zero-order chi connectivity index (χ0) is 31.0. The van der Waals surface area contributed by atoms with E-state index in [4.69, 9.17) is 10.5 Å². The van der Waals surface area contributed by atoms with E-state index in [0.717, 1.165) is 18.9 Å². The molecule has 0 radical (unpaired) electrons. The Morgan fingerprint density at radius 1 is 1.10 bits per heavy atom. The topological polar surface area (TPSA) is 125 Å². The number of cyclic esters (lactones) is 1. The second-order valence-electron chi connectivity index (χ2n) is 10.8. The van der Waals surface area contributed by atoms with Gasteiger partial charge in [0, 0.05) is 56.3 Å². The third-order valence-corrected chi connectivity index (χ3v) is 7.41. The maximum atomic E-state index is 14.0. The zero-order valence-electron chi connectivity index (χ0n) is 24.8. The average Bonchev–Trinajstić information content (AvgIpc) is 3.28. The normalized spacial score (nSPS) is 16.3. The molecule has 0 aromatic heterocycles. The molecule has 0 aliphatic carbocycles. The van der Waals surface area contributed by atoms with E-state index < -0.39 is 41.8 Å². The molecular weight excluding hydrogens is 546 g/mol. The van der Waals surface area contributed by atoms with E-state index in [2.05, 4.69) is 5.32 Å². The van der Waals surface area contributed by atoms with Crippen LogP contribution in [0.25, 0.3) is 0 Å². The molecule has 2 aromatic carbocycles. The van der Waals surface area contributed by atoms with Crippen molar-refractivity contribution < 1.29 is 33.0 Å². The number of nitrogens with one attached hydrogen (secondary N) is 1. The molecule has 2 aromatic rings. The predicted octanol–water partition coefficient (Wildman–Crippen LogP) is 4.32. The van der Waals surface area contributed by atoms with Gasteiger partial charge < -0.3 is 30.7 Å². The van der Waals surface area contributed by atoms with Crippen LogP contribution in [0.2, 0.25) is 0 Å². The Labute approximate surface area is 246 Å². The van der Waals surface area contributed by atoms with Gasteiger partial charge in [-0.2, -0.15) is 0 Å². The monoisotopic (exact) mass is 588 g/mol. The maximum absolute atomic E-state index is 14.0. The molecule has 1 saturated heterocycles. The Hall–Kier alpha value is -3.57. The molecular formula is C31H42F2N4O5. The smallest absolute Gasteiger partial charge is 0.410 e. The van der Waals surface area contributed by atoms with Gasteiger partial charge in [0.25, 0.3) is 5.91 Å². The first-order chi connectivity index (χ1) is 20.0. The highest BCUT2D eigenvalue weighted by atomic mass is 19.1. The lowest BCUT2D eigenvalue weighted by Crippen LogP contribution is -2.42. The van der Waals surface area contributed by atoms with Crippen LogP contribution < -0.4 is 11.1 Å². The largest absolute Gasteiger partial charge is 0.478 e. The molecule has 1 heterocycles. The summed E-state index contributed by atoms with van der Waals surface area (Å²) in [5, 5.41) is 13.5. The van der Waals surface area contributed by atoms with Crippen molar-refractivity contribution >= 4 is 18.0 Å². The Kier molecular flexibility index (Phi) is 11.8. The molecule has 9 nitrogen and oxygen atoms in total. The van der Waals surface area contributed by atoms with Crippen molar-refractivity contribution in [3.05, 3.63) is 69.8 Å². The van der Waals surface area contributed by atoms with E-state index >= 15 is 0 Å². The van der Waals surface area contributed by atoms with Crippen LogP contribution >= 0.6 is 0 Å². The van der Waals surface area contributed by atoms with E-state index in [9.17, 15) is 28.3 Å². The van der Waals surface area contributed by atoms with Crippen LogP contribution in [-0.2, 0) is 11.2 Å². The fourth-order valence-corrected chi connectivity index (χ4v) is 5.53. The van der Waals surface area contributed by atoms with Crippen LogP contribution in [0, 0.1) is 18.6 Å². The third-order valence-electron chi connectivity index (χ3n) is 7.41. The van der Waals surface area contributed by atoms with Crippen molar-refractivity contribution in [1.29, 1.82) is 0 Å². The summed E-state index contributed by atoms with van der Waals surface area (Å²) >= 11 is 0. The molecule has 3 rings (SSSR count). The maximum Gasteiger partial charge on any atom is 0.410 e. The first-order valence-corrected chi connectivity index (χ1v) is 14.5. The number of likely N-dealkylation sites (N-methyl/N-ethyl adjacent to an activating group) is 1. The van der Waals surface area contributed by atoms with E-state index in [0.29, 0.717) is 37.3 Å². The highest BCUT2D eigenvalue weighted by Crippen LogP contribution is 2.31. The summed E-state index contributed by atoms with van der Waals surface area (Å²) in [4.78, 5) is 41.8. The van der Waals surface area contributed by atoms with Crippen molar-refractivity contribution in [2.75, 3.05) is 39.3 Å². The molecule has 0 bridgehead atoms. The number of nitrogens with two attached hydrogens (primary N) is 1. The molecule has 2 amide bonds. The minimum atomic E-state index is -1.21. The van der Waals surface area contributed by atoms with Gasteiger partial charge in [-0.3, -0.25) is 4.79 Å². The summed E-state index contributed by atoms with van der Waals surface area (Å²) in [7, 11) is 0. The number of halogens is 2. The Morgan fingerprint density at radius 3 is 2.26 bits per heavy atom. The van der Waals surface area contributed by atoms with Crippen LogP contribution in [-0.4, -0.2) is 84.3 Å². The van der Waals surface area contributed by atoms with E-state index in [1.807, 2.05) is 20.8 Å². The van der Waals surface area contributed by atoms with E-state index in [1.54, 1.807) is 22.8 Å². The third kappa shape index (κ3) is 8.25. The highest BCUT2D eigenvalue weighted by Gasteiger charge is 2.33. The Balaban J connectivity index is 2.06. The standard InChI is InChI=1S/C31H42F2N4O5/c1-5-8-37(9-6-2)29(38)24-10-19(4)11-25(30(39)40)28(24)26(17-35-16-23-18-36(7-3)31(41)42-23)27(34)14-20-12-21(32)15-22(33)13-20/h10-13,15,23,26-27,35H,5-9,14,16-18,34H2,1-4H3,(H,39,40)/t23-,26-,27+/m1/s1. The van der Waals surface area contributed by atoms with Crippen LogP contribution in [0.3, 0.4) is 0 Å². The number of carbonyl (C=O) groups excluding carboxylic acids is 2. The summed E-state index contributed by atoms with van der Waals surface area (Å²) in [6.45, 7) is 9.83. The molecule has 1 fully saturated rings. The van der Waals surface area contributed by atoms with E-state index in [1.165, 1.54) is 18.2 Å². The van der Waals surface area contributed by atoms with E-state index in [-0.39, 0.29) is 42.1 Å². The molecule has 0 spiro atoms. The molecule has 42 heavy (non-hydrogen) atoms. The summed E-state index contributed by atoms with van der Waals surface area (Å²) in [5.41, 5.74) is 8.09. The van der Waals surface area contributed by atoms with Gasteiger partial charge in [0.05, 0.1) is 12.1 Å². The minimum Gasteiger partial charge on any atom is -0.478 e. The Bertz CT molecular complexity index is 1250. The number of hydrogen-bond donors (Lipinski definition) is 3. The van der Waals surface area contributed by atoms with Gasteiger partial charge in [0.2, 0.25) is 0 Å². The van der Waals surface area contributed by atoms with Crippen molar-refractivity contribution in [3.63, 3.8) is 0 Å². The number of carboxylic acids is 1. The fraction of sp³-hybridized carbons (Fsp3) is 0.516. The second-order valence-corrected chi connectivity index (χ2v) is 10.8. The molecule has 11 heteroatoms. The number of aryl methyl sites for hydroxylation is 1. The van der Waals surface area contributed by atoms with Gasteiger partial charge in [-0.05, 0) is 74.1 Å². The Morgan fingerprint density at radius 2 is 1.71 bits per heavy atom. The van der Waals surface area contributed by atoms with Gasteiger partial charge in [-0.15, -0.1) is 0 Å². The number of benzene rings is 2. The minimum absolute atomic E-state index is 0.0251. The summed E-state index contributed by atoms with van der Waals surface area (Å²) in [6, 6.07) is 5.52. The summed E-state index contributed by atoms with van der Waals surface area (Å²) < 4.78 is 33.5. The van der Waals surface area contributed by atoms with Crippen LogP contribution in [0.1, 0.15) is 76.9 Å². The van der Waals surface area contributed by atoms with Crippen molar-refractivity contribution in [3.8, 4) is 0 Å². The number of ether oxygens (including phenoxy) is 1. The first kappa shape index (κ1) is 32.9. The molecule has 1 aliphatic heterocycles. The van der Waals surface area contributed by atoms with Gasteiger partial charge in [0.15, 0.2) is 0 Å².